The van der Waals surface area contributed by atoms with Crippen LogP contribution in [0.4, 0.5) is 11.4 Å². The van der Waals surface area contributed by atoms with E-state index in [0.717, 1.165) is 11.1 Å². The highest BCUT2D eigenvalue weighted by Gasteiger charge is 2.30. The Labute approximate surface area is 210 Å². The molecule has 3 aromatic carbocycles. The number of carbonyl (C=O) groups excluding carboxylic acids is 2. The summed E-state index contributed by atoms with van der Waals surface area (Å²) >= 11 is 0. The van der Waals surface area contributed by atoms with Crippen LogP contribution in [0.3, 0.4) is 0 Å². The van der Waals surface area contributed by atoms with Crippen molar-refractivity contribution in [3.8, 4) is 5.75 Å². The Morgan fingerprint density at radius 2 is 1.78 bits per heavy atom. The molecule has 0 saturated carbocycles. The van der Waals surface area contributed by atoms with E-state index >= 15 is 0 Å². The predicted octanol–water partition coefficient (Wildman–Crippen LogP) is 3.87. The quantitative estimate of drug-likeness (QED) is 0.440. The van der Waals surface area contributed by atoms with Crippen molar-refractivity contribution in [2.24, 2.45) is 0 Å². The molecule has 1 aliphatic heterocycles. The number of hydrogen-bond acceptors (Lipinski definition) is 6. The number of nitrogens with one attached hydrogen (secondary N) is 1. The molecule has 0 fully saturated rings. The van der Waals surface area contributed by atoms with Gasteiger partial charge < -0.3 is 14.8 Å². The molecule has 0 radical (unpaired) electrons. The Bertz CT molecular complexity index is 1370. The third kappa shape index (κ3) is 5.68. The van der Waals surface area contributed by atoms with Crippen LogP contribution in [-0.2, 0) is 37.2 Å². The summed E-state index contributed by atoms with van der Waals surface area (Å²) in [5.41, 5.74) is 3.68. The second kappa shape index (κ2) is 10.8. The van der Waals surface area contributed by atoms with Gasteiger partial charge in [0.15, 0.2) is 6.61 Å². The first-order chi connectivity index (χ1) is 17.3. The van der Waals surface area contributed by atoms with Gasteiger partial charge in [0, 0.05) is 12.2 Å². The van der Waals surface area contributed by atoms with E-state index in [-0.39, 0.29) is 29.8 Å². The number of nitrogens with zero attached hydrogens (tertiary/aromatic N) is 1. The number of esters is 1. The highest BCUT2D eigenvalue weighted by Crippen LogP contribution is 2.33. The minimum absolute atomic E-state index is 0.167. The number of aryl methyl sites for hydroxylation is 1. The molecule has 8 nitrogen and oxygen atoms in total. The van der Waals surface area contributed by atoms with Crippen molar-refractivity contribution in [3.63, 3.8) is 0 Å². The van der Waals surface area contributed by atoms with Crippen LogP contribution in [0.2, 0.25) is 0 Å². The summed E-state index contributed by atoms with van der Waals surface area (Å²) in [5.74, 6) is -0.240. The summed E-state index contributed by atoms with van der Waals surface area (Å²) in [6.45, 7) is 3.99. The van der Waals surface area contributed by atoms with Gasteiger partial charge in [0.2, 0.25) is 0 Å². The summed E-state index contributed by atoms with van der Waals surface area (Å²) in [5, 5.41) is 2.74. The zero-order valence-electron chi connectivity index (χ0n) is 20.2. The lowest BCUT2D eigenvalue weighted by molar-refractivity contribution is -0.142. The zero-order chi connectivity index (χ0) is 25.7. The topological polar surface area (TPSA) is 102 Å². The highest BCUT2D eigenvalue weighted by atomic mass is 32.2. The third-order valence-electron chi connectivity index (χ3n) is 5.83. The normalized spacial score (nSPS) is 12.7. The first-order valence-electron chi connectivity index (χ1n) is 11.7. The molecule has 1 heterocycles. The SMILES string of the molecule is CCOC(=O)Cc1ccc(NC(=O)COc2ccc(S(=O)(=O)N3CCc4ccccc43)cc2C)cc1. The molecule has 0 atom stereocenters. The van der Waals surface area contributed by atoms with Gasteiger partial charge in [-0.2, -0.15) is 0 Å². The molecule has 9 heteroatoms. The monoisotopic (exact) mass is 508 g/mol. The van der Waals surface area contributed by atoms with Crippen molar-refractivity contribution in [1.29, 1.82) is 0 Å². The summed E-state index contributed by atoms with van der Waals surface area (Å²) in [6.07, 6.45) is 0.846. The molecule has 0 unspecified atom stereocenters. The van der Waals surface area contributed by atoms with Crippen LogP contribution in [-0.4, -0.2) is 40.1 Å². The second-order valence-electron chi connectivity index (χ2n) is 8.40. The molecule has 1 aliphatic rings. The van der Waals surface area contributed by atoms with Crippen LogP contribution in [0.15, 0.2) is 71.6 Å². The lowest BCUT2D eigenvalue weighted by atomic mass is 10.1. The van der Waals surface area contributed by atoms with Crippen molar-refractivity contribution < 1.29 is 27.5 Å². The van der Waals surface area contributed by atoms with Crippen LogP contribution >= 0.6 is 0 Å². The lowest BCUT2D eigenvalue weighted by Crippen LogP contribution is -2.29. The molecule has 36 heavy (non-hydrogen) atoms. The van der Waals surface area contributed by atoms with Gasteiger partial charge in [0.1, 0.15) is 5.75 Å². The first-order valence-corrected chi connectivity index (χ1v) is 13.1. The molecule has 0 bridgehead atoms. The summed E-state index contributed by atoms with van der Waals surface area (Å²) < 4.78 is 38.5. The fraction of sp³-hybridized carbons (Fsp3) is 0.259. The van der Waals surface area contributed by atoms with Gasteiger partial charge in [0.25, 0.3) is 15.9 Å². The van der Waals surface area contributed by atoms with Crippen molar-refractivity contribution >= 4 is 33.3 Å². The number of rotatable bonds is 9. The van der Waals surface area contributed by atoms with Gasteiger partial charge in [-0.05, 0) is 73.4 Å². The Balaban J connectivity index is 1.35. The van der Waals surface area contributed by atoms with Gasteiger partial charge in [-0.15, -0.1) is 0 Å². The number of ether oxygens (including phenoxy) is 2. The molecule has 0 aliphatic carbocycles. The van der Waals surface area contributed by atoms with Crippen LogP contribution in [0, 0.1) is 6.92 Å². The van der Waals surface area contributed by atoms with Gasteiger partial charge in [-0.25, -0.2) is 8.42 Å². The van der Waals surface area contributed by atoms with Crippen molar-refractivity contribution in [2.75, 3.05) is 29.4 Å². The minimum atomic E-state index is -3.71. The maximum absolute atomic E-state index is 13.2. The zero-order valence-corrected chi connectivity index (χ0v) is 21.0. The van der Waals surface area contributed by atoms with Gasteiger partial charge in [0.05, 0.1) is 23.6 Å². The van der Waals surface area contributed by atoms with E-state index < -0.39 is 10.0 Å². The molecule has 188 valence electrons. The number of anilines is 2. The number of benzene rings is 3. The third-order valence-corrected chi connectivity index (χ3v) is 7.64. The average Bonchev–Trinajstić information content (AvgIpc) is 3.30. The van der Waals surface area contributed by atoms with Crippen molar-refractivity contribution in [2.45, 2.75) is 31.6 Å². The molecular formula is C27H28N2O6S. The van der Waals surface area contributed by atoms with Crippen LogP contribution < -0.4 is 14.4 Å². The van der Waals surface area contributed by atoms with Gasteiger partial charge in [-0.3, -0.25) is 13.9 Å². The Morgan fingerprint density at radius 1 is 1.03 bits per heavy atom. The number of sulfonamides is 1. The number of carbonyl (C=O) groups is 2. The van der Waals surface area contributed by atoms with Gasteiger partial charge in [-0.1, -0.05) is 30.3 Å². The molecule has 0 saturated heterocycles. The maximum Gasteiger partial charge on any atom is 0.310 e. The van der Waals surface area contributed by atoms with E-state index in [1.54, 1.807) is 50.2 Å². The predicted molar refractivity (Wildman–Crippen MR) is 137 cm³/mol. The molecule has 0 aromatic heterocycles. The first kappa shape index (κ1) is 25.2. The second-order valence-corrected chi connectivity index (χ2v) is 10.3. The van der Waals surface area contributed by atoms with E-state index in [0.29, 0.717) is 42.3 Å². The fourth-order valence-electron chi connectivity index (χ4n) is 4.05. The van der Waals surface area contributed by atoms with E-state index in [4.69, 9.17) is 9.47 Å². The largest absolute Gasteiger partial charge is 0.483 e. The standard InChI is InChI=1S/C27H28N2O6S/c1-3-34-27(31)17-20-8-10-22(11-9-20)28-26(30)18-35-25-13-12-23(16-19(25)2)36(32,33)29-15-14-21-6-4-5-7-24(21)29/h4-13,16H,3,14-15,17-18H2,1-2H3,(H,28,30). The van der Waals surface area contributed by atoms with E-state index in [1.807, 2.05) is 24.3 Å². The molecule has 1 amide bonds. The number of fused-ring (bicyclic) bond motifs is 1. The minimum Gasteiger partial charge on any atom is -0.483 e. The Kier molecular flexibility index (Phi) is 7.59. The van der Waals surface area contributed by atoms with Crippen LogP contribution in [0.25, 0.3) is 0 Å². The number of para-hydroxylation sites is 1. The molecular weight excluding hydrogens is 480 g/mol. The summed E-state index contributed by atoms with van der Waals surface area (Å²) in [6, 6.07) is 19.0. The number of hydrogen-bond donors (Lipinski definition) is 1. The molecule has 1 N–H and O–H groups in total. The fourth-order valence-corrected chi connectivity index (χ4v) is 5.64. The smallest absolute Gasteiger partial charge is 0.310 e. The highest BCUT2D eigenvalue weighted by molar-refractivity contribution is 7.92. The van der Waals surface area contributed by atoms with Crippen molar-refractivity contribution in [1.82, 2.24) is 0 Å². The summed E-state index contributed by atoms with van der Waals surface area (Å²) in [4.78, 5) is 24.1. The maximum atomic E-state index is 13.2. The van der Waals surface area contributed by atoms with Crippen LogP contribution in [0.5, 0.6) is 5.75 Å². The molecule has 3 aromatic rings. The Hall–Kier alpha value is -3.85. The molecule has 0 spiro atoms. The van der Waals surface area contributed by atoms with Crippen molar-refractivity contribution in [3.05, 3.63) is 83.4 Å². The van der Waals surface area contributed by atoms with Crippen LogP contribution in [0.1, 0.15) is 23.6 Å². The van der Waals surface area contributed by atoms with E-state index in [2.05, 4.69) is 5.32 Å². The average molecular weight is 509 g/mol. The molecule has 4 rings (SSSR count). The number of amides is 1. The van der Waals surface area contributed by atoms with Gasteiger partial charge >= 0.3 is 5.97 Å². The summed E-state index contributed by atoms with van der Waals surface area (Å²) in [7, 11) is -3.71. The lowest BCUT2D eigenvalue weighted by Gasteiger charge is -2.20. The van der Waals surface area contributed by atoms with E-state index in [1.165, 1.54) is 10.4 Å². The van der Waals surface area contributed by atoms with E-state index in [9.17, 15) is 18.0 Å². The Morgan fingerprint density at radius 3 is 2.50 bits per heavy atom.